The van der Waals surface area contributed by atoms with Crippen molar-refractivity contribution in [1.29, 1.82) is 0 Å². The summed E-state index contributed by atoms with van der Waals surface area (Å²) >= 11 is 3.46. The van der Waals surface area contributed by atoms with Gasteiger partial charge in [-0.05, 0) is 29.6 Å². The van der Waals surface area contributed by atoms with Crippen molar-refractivity contribution in [2.24, 2.45) is 0 Å². The number of nitrogens with one attached hydrogen (secondary N) is 1. The molecule has 1 aromatic heterocycles. The van der Waals surface area contributed by atoms with E-state index in [9.17, 15) is 4.39 Å². The zero-order valence-electron chi connectivity index (χ0n) is 10.2. The summed E-state index contributed by atoms with van der Waals surface area (Å²) < 4.78 is 13.0. The van der Waals surface area contributed by atoms with Crippen LogP contribution in [0.3, 0.4) is 0 Å². The number of hydrogen-bond acceptors (Lipinski definition) is 3. The van der Waals surface area contributed by atoms with E-state index in [0.29, 0.717) is 5.25 Å². The fourth-order valence-electron chi connectivity index (χ4n) is 1.63. The Morgan fingerprint density at radius 1 is 1.33 bits per heavy atom. The molecule has 1 atom stereocenters. The number of thioether (sulfide) groups is 1. The molecule has 0 saturated carbocycles. The minimum atomic E-state index is -0.168. The minimum absolute atomic E-state index is 0.168. The lowest BCUT2D eigenvalue weighted by molar-refractivity contribution is 0.624. The van der Waals surface area contributed by atoms with Gasteiger partial charge in [0.2, 0.25) is 0 Å². The average Bonchev–Trinajstić information content (AvgIpc) is 2.82. The maximum atomic E-state index is 13.0. The number of benzene rings is 1. The SMILES string of the molecule is CC(CNCc1cccs1)Sc1cccc(F)c1. The van der Waals surface area contributed by atoms with Gasteiger partial charge in [0.1, 0.15) is 5.82 Å². The van der Waals surface area contributed by atoms with Crippen LogP contribution in [0.5, 0.6) is 0 Å². The van der Waals surface area contributed by atoms with E-state index in [-0.39, 0.29) is 5.82 Å². The summed E-state index contributed by atoms with van der Waals surface area (Å²) in [5, 5.41) is 5.93. The van der Waals surface area contributed by atoms with Gasteiger partial charge in [0.15, 0.2) is 0 Å². The lowest BCUT2D eigenvalue weighted by Crippen LogP contribution is -2.21. The summed E-state index contributed by atoms with van der Waals surface area (Å²) in [6.45, 7) is 3.97. The molecule has 0 bridgehead atoms. The van der Waals surface area contributed by atoms with Crippen LogP contribution in [0, 0.1) is 5.82 Å². The van der Waals surface area contributed by atoms with Gasteiger partial charge in [-0.25, -0.2) is 4.39 Å². The Labute approximate surface area is 115 Å². The van der Waals surface area contributed by atoms with Crippen LogP contribution in [0.4, 0.5) is 4.39 Å². The lowest BCUT2D eigenvalue weighted by Gasteiger charge is -2.12. The van der Waals surface area contributed by atoms with E-state index in [4.69, 9.17) is 0 Å². The van der Waals surface area contributed by atoms with Crippen molar-refractivity contribution in [2.75, 3.05) is 6.54 Å². The smallest absolute Gasteiger partial charge is 0.124 e. The van der Waals surface area contributed by atoms with Crippen molar-refractivity contribution in [3.63, 3.8) is 0 Å². The van der Waals surface area contributed by atoms with Gasteiger partial charge in [-0.3, -0.25) is 0 Å². The van der Waals surface area contributed by atoms with Crippen LogP contribution < -0.4 is 5.32 Å². The Kier molecular flexibility index (Phi) is 5.23. The van der Waals surface area contributed by atoms with E-state index in [0.717, 1.165) is 18.0 Å². The topological polar surface area (TPSA) is 12.0 Å². The Hall–Kier alpha value is -0.840. The van der Waals surface area contributed by atoms with Crippen LogP contribution in [0.1, 0.15) is 11.8 Å². The van der Waals surface area contributed by atoms with Crippen LogP contribution >= 0.6 is 23.1 Å². The Bertz CT molecular complexity index is 470. The van der Waals surface area contributed by atoms with Gasteiger partial charge in [0, 0.05) is 28.1 Å². The summed E-state index contributed by atoms with van der Waals surface area (Å²) in [5.74, 6) is -0.168. The molecule has 2 rings (SSSR count). The average molecular weight is 281 g/mol. The van der Waals surface area contributed by atoms with Gasteiger partial charge < -0.3 is 5.32 Å². The highest BCUT2D eigenvalue weighted by Crippen LogP contribution is 2.23. The predicted molar refractivity (Wildman–Crippen MR) is 77.7 cm³/mol. The normalized spacial score (nSPS) is 12.6. The molecule has 0 saturated heterocycles. The molecule has 4 heteroatoms. The largest absolute Gasteiger partial charge is 0.311 e. The molecule has 0 radical (unpaired) electrons. The first-order valence-corrected chi connectivity index (χ1v) is 7.65. The Morgan fingerprint density at radius 2 is 2.22 bits per heavy atom. The molecule has 0 amide bonds. The fraction of sp³-hybridized carbons (Fsp3) is 0.286. The van der Waals surface area contributed by atoms with Gasteiger partial charge in [0.05, 0.1) is 0 Å². The van der Waals surface area contributed by atoms with Gasteiger partial charge in [-0.15, -0.1) is 23.1 Å². The zero-order valence-corrected chi connectivity index (χ0v) is 11.9. The summed E-state index contributed by atoms with van der Waals surface area (Å²) in [4.78, 5) is 2.33. The molecule has 0 spiro atoms. The second-order valence-electron chi connectivity index (χ2n) is 4.10. The summed E-state index contributed by atoms with van der Waals surface area (Å²) in [6, 6.07) is 11.0. The second-order valence-corrected chi connectivity index (χ2v) is 6.64. The summed E-state index contributed by atoms with van der Waals surface area (Å²) in [5.41, 5.74) is 0. The second kappa shape index (κ2) is 6.92. The predicted octanol–water partition coefficient (Wildman–Crippen LogP) is 4.16. The molecule has 0 aliphatic carbocycles. The third-order valence-corrected chi connectivity index (χ3v) is 4.42. The molecule has 0 aliphatic rings. The van der Waals surface area contributed by atoms with Crippen molar-refractivity contribution in [3.8, 4) is 0 Å². The van der Waals surface area contributed by atoms with Crippen LogP contribution in [0.2, 0.25) is 0 Å². The Balaban J connectivity index is 1.73. The maximum absolute atomic E-state index is 13.0. The molecule has 0 fully saturated rings. The monoisotopic (exact) mass is 281 g/mol. The van der Waals surface area contributed by atoms with Crippen molar-refractivity contribution >= 4 is 23.1 Å². The highest BCUT2D eigenvalue weighted by Gasteiger charge is 2.05. The molecule has 18 heavy (non-hydrogen) atoms. The fourth-order valence-corrected chi connectivity index (χ4v) is 3.30. The molecule has 1 N–H and O–H groups in total. The molecule has 2 aromatic rings. The van der Waals surface area contributed by atoms with E-state index >= 15 is 0 Å². The first-order valence-electron chi connectivity index (χ1n) is 5.89. The third kappa shape index (κ3) is 4.44. The van der Waals surface area contributed by atoms with Gasteiger partial charge in [-0.1, -0.05) is 19.1 Å². The summed E-state index contributed by atoms with van der Waals surface area (Å²) in [7, 11) is 0. The molecule has 1 nitrogen and oxygen atoms in total. The molecular weight excluding hydrogens is 265 g/mol. The van der Waals surface area contributed by atoms with Gasteiger partial charge in [-0.2, -0.15) is 0 Å². The Morgan fingerprint density at radius 3 is 2.94 bits per heavy atom. The van der Waals surface area contributed by atoms with E-state index in [1.807, 2.05) is 6.07 Å². The molecule has 96 valence electrons. The van der Waals surface area contributed by atoms with Gasteiger partial charge >= 0.3 is 0 Å². The quantitative estimate of drug-likeness (QED) is 0.798. The van der Waals surface area contributed by atoms with Gasteiger partial charge in [0.25, 0.3) is 0 Å². The first-order chi connectivity index (χ1) is 8.74. The molecule has 1 aromatic carbocycles. The molecule has 1 unspecified atom stereocenters. The molecular formula is C14H16FNS2. The number of hydrogen-bond donors (Lipinski definition) is 1. The van der Waals surface area contributed by atoms with Crippen LogP contribution in [-0.4, -0.2) is 11.8 Å². The lowest BCUT2D eigenvalue weighted by atomic mass is 10.3. The zero-order chi connectivity index (χ0) is 12.8. The van der Waals surface area contributed by atoms with E-state index in [2.05, 4.69) is 29.8 Å². The van der Waals surface area contributed by atoms with Crippen molar-refractivity contribution in [2.45, 2.75) is 23.6 Å². The highest BCUT2D eigenvalue weighted by molar-refractivity contribution is 8.00. The van der Waals surface area contributed by atoms with Crippen molar-refractivity contribution in [3.05, 3.63) is 52.5 Å². The minimum Gasteiger partial charge on any atom is -0.311 e. The number of thiophene rings is 1. The van der Waals surface area contributed by atoms with E-state index in [1.165, 1.54) is 10.9 Å². The number of rotatable bonds is 6. The third-order valence-electron chi connectivity index (χ3n) is 2.44. The van der Waals surface area contributed by atoms with Crippen molar-refractivity contribution < 1.29 is 4.39 Å². The standard InChI is InChI=1S/C14H16FNS2/c1-11(9-16-10-14-6-3-7-17-14)18-13-5-2-4-12(15)8-13/h2-8,11,16H,9-10H2,1H3. The maximum Gasteiger partial charge on any atom is 0.124 e. The number of halogens is 1. The molecule has 1 heterocycles. The van der Waals surface area contributed by atoms with E-state index in [1.54, 1.807) is 35.2 Å². The van der Waals surface area contributed by atoms with Crippen LogP contribution in [-0.2, 0) is 6.54 Å². The van der Waals surface area contributed by atoms with Crippen LogP contribution in [0.25, 0.3) is 0 Å². The van der Waals surface area contributed by atoms with Crippen molar-refractivity contribution in [1.82, 2.24) is 5.32 Å². The summed E-state index contributed by atoms with van der Waals surface area (Å²) in [6.07, 6.45) is 0. The van der Waals surface area contributed by atoms with Crippen LogP contribution in [0.15, 0.2) is 46.7 Å². The first kappa shape index (κ1) is 13.6. The molecule has 0 aliphatic heterocycles. The van der Waals surface area contributed by atoms with E-state index < -0.39 is 0 Å². The highest BCUT2D eigenvalue weighted by atomic mass is 32.2.